The zero-order valence-electron chi connectivity index (χ0n) is 8.78. The van der Waals surface area contributed by atoms with Crippen LogP contribution >= 0.6 is 0 Å². The molecular weight excluding hydrogens is 200 g/mol. The minimum absolute atomic E-state index is 0.218. The van der Waals surface area contributed by atoms with Gasteiger partial charge >= 0.3 is 8.56 Å². The van der Waals surface area contributed by atoms with Gasteiger partial charge in [-0.05, 0) is 19.0 Å². The highest BCUT2D eigenvalue weighted by atomic mass is 28.4. The molecule has 0 amide bonds. The summed E-state index contributed by atoms with van der Waals surface area (Å²) < 4.78 is 10.4. The predicted molar refractivity (Wildman–Crippen MR) is 53.4 cm³/mol. The van der Waals surface area contributed by atoms with E-state index in [4.69, 9.17) is 24.5 Å². The highest BCUT2D eigenvalue weighted by Gasteiger charge is 2.27. The van der Waals surface area contributed by atoms with Gasteiger partial charge in [-0.1, -0.05) is 0 Å². The van der Waals surface area contributed by atoms with E-state index in [2.05, 4.69) is 0 Å². The molecule has 0 rings (SSSR count). The lowest BCUT2D eigenvalue weighted by Gasteiger charge is -2.21. The molecular formula is C8H16N2O3Si. The highest BCUT2D eigenvalue weighted by Crippen LogP contribution is 2.12. The molecule has 0 radical (unpaired) electrons. The van der Waals surface area contributed by atoms with Gasteiger partial charge in [0.05, 0.1) is 0 Å². The normalized spacial score (nSPS) is 9.29. The lowest BCUT2D eigenvalue weighted by atomic mass is 10.5. The summed E-state index contributed by atoms with van der Waals surface area (Å²) in [7, 11) is 1.44. The molecule has 5 nitrogen and oxygen atoms in total. The van der Waals surface area contributed by atoms with Crippen LogP contribution in [0.1, 0.15) is 6.42 Å². The van der Waals surface area contributed by atoms with E-state index in [1.54, 1.807) is 14.2 Å². The first-order chi connectivity index (χ1) is 6.60. The first kappa shape index (κ1) is 15.5. The third-order valence-corrected chi connectivity index (χ3v) is 4.69. The lowest BCUT2D eigenvalue weighted by molar-refractivity contribution is 0.238. The van der Waals surface area contributed by atoms with Crippen LogP contribution in [0.3, 0.4) is 0 Å². The van der Waals surface area contributed by atoms with Crippen molar-refractivity contribution in [3.05, 3.63) is 0 Å². The van der Waals surface area contributed by atoms with Crippen molar-refractivity contribution in [1.29, 1.82) is 10.5 Å². The SMILES string of the molecule is CO[Si](C)(CCCO)OC.N#CC#N. The van der Waals surface area contributed by atoms with Crippen LogP contribution in [0.25, 0.3) is 0 Å². The Hall–Kier alpha value is -0.923. The van der Waals surface area contributed by atoms with Gasteiger partial charge in [-0.25, -0.2) is 0 Å². The topological polar surface area (TPSA) is 86.3 Å². The molecule has 80 valence electrons. The maximum atomic E-state index is 8.53. The number of aliphatic hydroxyl groups excluding tert-OH is 1. The standard InChI is InChI=1S/C6H16O3Si.C2N2/c1-8-10(3,9-2)6-4-5-7;3-1-2-4/h7H,4-6H2,1-3H3;. The van der Waals surface area contributed by atoms with Gasteiger partial charge in [0.25, 0.3) is 0 Å². The second kappa shape index (κ2) is 10.2. The van der Waals surface area contributed by atoms with Crippen LogP contribution < -0.4 is 0 Å². The van der Waals surface area contributed by atoms with Crippen molar-refractivity contribution in [2.24, 2.45) is 0 Å². The molecule has 0 atom stereocenters. The Kier molecular flexibility index (Phi) is 11.3. The third kappa shape index (κ3) is 9.17. The molecule has 0 saturated carbocycles. The maximum absolute atomic E-state index is 8.53. The van der Waals surface area contributed by atoms with E-state index in [0.29, 0.717) is 0 Å². The summed E-state index contributed by atoms with van der Waals surface area (Å²) in [6, 6.07) is 3.33. The molecule has 1 N–H and O–H groups in total. The molecule has 0 bridgehead atoms. The Labute approximate surface area is 85.7 Å². The Morgan fingerprint density at radius 2 is 1.64 bits per heavy atom. The second-order valence-electron chi connectivity index (χ2n) is 2.59. The minimum Gasteiger partial charge on any atom is -0.398 e. The fraction of sp³-hybridized carbons (Fsp3) is 0.750. The van der Waals surface area contributed by atoms with Crippen LogP contribution in [0.15, 0.2) is 0 Å². The second-order valence-corrected chi connectivity index (χ2v) is 6.18. The molecule has 0 aliphatic carbocycles. The Morgan fingerprint density at radius 1 is 1.21 bits per heavy atom. The molecule has 0 heterocycles. The van der Waals surface area contributed by atoms with Crippen LogP contribution in [-0.2, 0) is 8.85 Å². The van der Waals surface area contributed by atoms with E-state index in [-0.39, 0.29) is 6.61 Å². The number of nitrogens with zero attached hydrogens (tertiary/aromatic N) is 2. The summed E-state index contributed by atoms with van der Waals surface area (Å²) in [6.45, 7) is 2.21. The monoisotopic (exact) mass is 216 g/mol. The molecule has 0 spiro atoms. The number of nitriles is 2. The van der Waals surface area contributed by atoms with Gasteiger partial charge in [-0.2, -0.15) is 10.5 Å². The summed E-state index contributed by atoms with van der Waals surface area (Å²) in [5.74, 6) is 0. The van der Waals surface area contributed by atoms with E-state index in [1.165, 1.54) is 12.1 Å². The van der Waals surface area contributed by atoms with Gasteiger partial charge < -0.3 is 14.0 Å². The smallest absolute Gasteiger partial charge is 0.334 e. The zero-order valence-corrected chi connectivity index (χ0v) is 9.78. The molecule has 0 fully saturated rings. The van der Waals surface area contributed by atoms with Crippen molar-refractivity contribution in [3.8, 4) is 12.1 Å². The van der Waals surface area contributed by atoms with E-state index in [9.17, 15) is 0 Å². The number of aliphatic hydroxyl groups is 1. The summed E-state index contributed by atoms with van der Waals surface area (Å²) in [5, 5.41) is 23.1. The fourth-order valence-electron chi connectivity index (χ4n) is 0.688. The van der Waals surface area contributed by atoms with Crippen LogP contribution in [-0.4, -0.2) is 34.5 Å². The predicted octanol–water partition coefficient (Wildman–Crippen LogP) is 0.767. The molecule has 0 aliphatic rings. The fourth-order valence-corrected chi connectivity index (χ4v) is 2.06. The number of hydrogen-bond acceptors (Lipinski definition) is 5. The molecule has 0 saturated heterocycles. The van der Waals surface area contributed by atoms with Gasteiger partial charge in [0, 0.05) is 20.8 Å². The molecule has 0 aromatic rings. The molecule has 0 aromatic carbocycles. The van der Waals surface area contributed by atoms with Gasteiger partial charge in [0.15, 0.2) is 12.1 Å². The van der Waals surface area contributed by atoms with Gasteiger partial charge in [-0.15, -0.1) is 0 Å². The van der Waals surface area contributed by atoms with Crippen molar-refractivity contribution < 1.29 is 14.0 Å². The first-order valence-electron chi connectivity index (χ1n) is 4.09. The first-order valence-corrected chi connectivity index (χ1v) is 6.62. The Balaban J connectivity index is 0. The molecule has 0 aromatic heterocycles. The molecule has 14 heavy (non-hydrogen) atoms. The minimum atomic E-state index is -1.88. The van der Waals surface area contributed by atoms with Crippen LogP contribution in [0.5, 0.6) is 0 Å². The van der Waals surface area contributed by atoms with Crippen molar-refractivity contribution in [1.82, 2.24) is 0 Å². The highest BCUT2D eigenvalue weighted by molar-refractivity contribution is 6.65. The van der Waals surface area contributed by atoms with Gasteiger partial charge in [-0.3, -0.25) is 0 Å². The summed E-state index contributed by atoms with van der Waals surface area (Å²) in [6.07, 6.45) is 0.768. The molecule has 6 heteroatoms. The Morgan fingerprint density at radius 3 is 1.86 bits per heavy atom. The van der Waals surface area contributed by atoms with Crippen molar-refractivity contribution >= 4 is 8.56 Å². The average molecular weight is 216 g/mol. The van der Waals surface area contributed by atoms with Crippen molar-refractivity contribution in [3.63, 3.8) is 0 Å². The molecule has 0 aliphatic heterocycles. The lowest BCUT2D eigenvalue weighted by Crippen LogP contribution is -2.35. The van der Waals surface area contributed by atoms with E-state index < -0.39 is 8.56 Å². The zero-order chi connectivity index (χ0) is 11.4. The van der Waals surface area contributed by atoms with Gasteiger partial charge in [0.2, 0.25) is 0 Å². The van der Waals surface area contributed by atoms with E-state index in [0.717, 1.165) is 12.5 Å². The number of hydrogen-bond donors (Lipinski definition) is 1. The summed E-state index contributed by atoms with van der Waals surface area (Å²) in [4.78, 5) is 0. The molecule has 0 unspecified atom stereocenters. The quantitative estimate of drug-likeness (QED) is 0.686. The maximum Gasteiger partial charge on any atom is 0.334 e. The Bertz CT molecular complexity index is 194. The van der Waals surface area contributed by atoms with Gasteiger partial charge in [0.1, 0.15) is 0 Å². The average Bonchev–Trinajstić information content (AvgIpc) is 2.26. The van der Waals surface area contributed by atoms with Crippen LogP contribution in [0.4, 0.5) is 0 Å². The number of rotatable bonds is 5. The third-order valence-electron chi connectivity index (χ3n) is 1.70. The van der Waals surface area contributed by atoms with Crippen LogP contribution in [0, 0.1) is 22.7 Å². The van der Waals surface area contributed by atoms with Crippen molar-refractivity contribution in [2.45, 2.75) is 19.0 Å². The van der Waals surface area contributed by atoms with E-state index in [1.807, 2.05) is 6.55 Å². The van der Waals surface area contributed by atoms with E-state index >= 15 is 0 Å². The van der Waals surface area contributed by atoms with Crippen molar-refractivity contribution in [2.75, 3.05) is 20.8 Å². The van der Waals surface area contributed by atoms with Crippen LogP contribution in [0.2, 0.25) is 12.6 Å². The summed E-state index contributed by atoms with van der Waals surface area (Å²) >= 11 is 0. The largest absolute Gasteiger partial charge is 0.398 e. The summed E-state index contributed by atoms with van der Waals surface area (Å²) in [5.41, 5.74) is 0.